The highest BCUT2D eigenvalue weighted by atomic mass is 35.5. The number of alkyl halides is 4. The second kappa shape index (κ2) is 6.81. The molecule has 0 amide bonds. The van der Waals surface area contributed by atoms with Gasteiger partial charge in [0, 0.05) is 19.0 Å². The summed E-state index contributed by atoms with van der Waals surface area (Å²) in [5.41, 5.74) is 3.05. The smallest absolute Gasteiger partial charge is 0.303 e. The Kier molecular flexibility index (Phi) is 4.97. The van der Waals surface area contributed by atoms with E-state index in [1.54, 1.807) is 0 Å². The van der Waals surface area contributed by atoms with Crippen LogP contribution in [0.4, 0.5) is 18.9 Å². The molecule has 0 N–H and O–H groups in total. The van der Waals surface area contributed by atoms with Crippen molar-refractivity contribution in [3.8, 4) is 0 Å². The fourth-order valence-corrected chi connectivity index (χ4v) is 3.52. The summed E-state index contributed by atoms with van der Waals surface area (Å²) in [6.45, 7) is 2.73. The highest BCUT2D eigenvalue weighted by molar-refractivity contribution is 6.17. The molecule has 2 heterocycles. The monoisotopic (exact) mass is 344 g/mol. The topological polar surface area (TPSA) is 15.6 Å². The maximum Gasteiger partial charge on any atom is 0.429 e. The van der Waals surface area contributed by atoms with Crippen molar-refractivity contribution in [3.63, 3.8) is 0 Å². The van der Waals surface area contributed by atoms with Crippen molar-refractivity contribution in [2.24, 2.45) is 4.99 Å². The number of benzene rings is 1. The molecule has 1 aromatic carbocycles. The average molecular weight is 345 g/mol. The van der Waals surface area contributed by atoms with E-state index in [-0.39, 0.29) is 6.42 Å². The van der Waals surface area contributed by atoms with Gasteiger partial charge >= 0.3 is 6.18 Å². The average Bonchev–Trinajstić information content (AvgIpc) is 2.74. The van der Waals surface area contributed by atoms with Crippen LogP contribution in [-0.2, 0) is 19.3 Å². The number of aryl methyl sites for hydroxylation is 1. The third kappa shape index (κ3) is 3.72. The molecule has 0 radical (unpaired) electrons. The van der Waals surface area contributed by atoms with Gasteiger partial charge in [0.25, 0.3) is 0 Å². The third-order valence-electron chi connectivity index (χ3n) is 4.65. The summed E-state index contributed by atoms with van der Waals surface area (Å²) >= 11 is 5.75. The predicted octanol–water partition coefficient (Wildman–Crippen LogP) is 4.30. The van der Waals surface area contributed by atoms with Gasteiger partial charge in [0.05, 0.1) is 5.69 Å². The van der Waals surface area contributed by atoms with E-state index >= 15 is 0 Å². The zero-order valence-corrected chi connectivity index (χ0v) is 13.7. The number of fused-ring (bicyclic) bond motifs is 3. The Labute approximate surface area is 139 Å². The van der Waals surface area contributed by atoms with Gasteiger partial charge in [-0.2, -0.15) is 13.2 Å². The molecule has 2 aliphatic rings. The lowest BCUT2D eigenvalue weighted by Crippen LogP contribution is -2.27. The molecule has 126 valence electrons. The molecular formula is C17H20ClF3N2. The van der Waals surface area contributed by atoms with Crippen LogP contribution in [0.3, 0.4) is 0 Å². The van der Waals surface area contributed by atoms with Gasteiger partial charge in [-0.3, -0.25) is 0 Å². The molecule has 0 aliphatic carbocycles. The Morgan fingerprint density at radius 2 is 1.78 bits per heavy atom. The first-order valence-electron chi connectivity index (χ1n) is 8.06. The van der Waals surface area contributed by atoms with E-state index in [1.807, 2.05) is 6.07 Å². The van der Waals surface area contributed by atoms with Crippen molar-refractivity contribution in [2.45, 2.75) is 38.3 Å². The minimum Gasteiger partial charge on any atom is -0.303 e. The maximum atomic E-state index is 13.0. The van der Waals surface area contributed by atoms with Gasteiger partial charge in [0.1, 0.15) is 5.71 Å². The molecule has 0 bridgehead atoms. The normalized spacial score (nSPS) is 18.9. The summed E-state index contributed by atoms with van der Waals surface area (Å²) in [7, 11) is 0. The Morgan fingerprint density at radius 1 is 1.04 bits per heavy atom. The highest BCUT2D eigenvalue weighted by Gasteiger charge is 2.37. The van der Waals surface area contributed by atoms with Crippen LogP contribution in [-0.4, -0.2) is 42.3 Å². The quantitative estimate of drug-likeness (QED) is 0.746. The Balaban J connectivity index is 1.89. The number of hydrogen-bond acceptors (Lipinski definition) is 2. The number of hydrogen-bond donors (Lipinski definition) is 0. The molecule has 0 aromatic heterocycles. The molecule has 0 spiro atoms. The van der Waals surface area contributed by atoms with Gasteiger partial charge in [-0.25, -0.2) is 4.99 Å². The first-order chi connectivity index (χ1) is 11.0. The van der Waals surface area contributed by atoms with Crippen molar-refractivity contribution in [1.82, 2.24) is 4.90 Å². The first-order valence-corrected chi connectivity index (χ1v) is 8.59. The van der Waals surface area contributed by atoms with Crippen LogP contribution in [0.2, 0.25) is 0 Å². The van der Waals surface area contributed by atoms with Gasteiger partial charge in [-0.1, -0.05) is 12.1 Å². The molecule has 3 rings (SSSR count). The summed E-state index contributed by atoms with van der Waals surface area (Å²) < 4.78 is 39.0. The molecule has 23 heavy (non-hydrogen) atoms. The van der Waals surface area contributed by atoms with Gasteiger partial charge < -0.3 is 4.90 Å². The lowest BCUT2D eigenvalue weighted by Gasteiger charge is -2.21. The van der Waals surface area contributed by atoms with E-state index in [0.29, 0.717) is 18.0 Å². The van der Waals surface area contributed by atoms with Gasteiger partial charge in [-0.05, 0) is 55.3 Å². The SMILES string of the molecule is FC(F)(F)C1=Nc2c(ccc3c2CCN(CCCCl)CC3)CC1. The minimum atomic E-state index is -4.32. The van der Waals surface area contributed by atoms with Crippen LogP contribution in [0, 0.1) is 0 Å². The Hall–Kier alpha value is -1.07. The molecule has 0 atom stereocenters. The summed E-state index contributed by atoms with van der Waals surface area (Å²) in [5.74, 6) is 0.637. The van der Waals surface area contributed by atoms with Crippen LogP contribution < -0.4 is 0 Å². The number of rotatable bonds is 3. The van der Waals surface area contributed by atoms with Crippen LogP contribution in [0.25, 0.3) is 0 Å². The van der Waals surface area contributed by atoms with Gasteiger partial charge in [0.15, 0.2) is 0 Å². The van der Waals surface area contributed by atoms with Crippen LogP contribution in [0.5, 0.6) is 0 Å². The lowest BCUT2D eigenvalue weighted by molar-refractivity contribution is -0.0605. The molecule has 0 fully saturated rings. The van der Waals surface area contributed by atoms with Crippen LogP contribution >= 0.6 is 11.6 Å². The molecule has 6 heteroatoms. The van der Waals surface area contributed by atoms with E-state index in [1.165, 1.54) is 0 Å². The molecule has 2 aliphatic heterocycles. The molecule has 2 nitrogen and oxygen atoms in total. The predicted molar refractivity (Wildman–Crippen MR) is 87.1 cm³/mol. The second-order valence-corrected chi connectivity index (χ2v) is 6.53. The molecule has 0 saturated carbocycles. The number of aliphatic imine (C=N–C) groups is 1. The van der Waals surface area contributed by atoms with E-state index < -0.39 is 11.9 Å². The fourth-order valence-electron chi connectivity index (χ4n) is 3.40. The van der Waals surface area contributed by atoms with E-state index in [0.717, 1.165) is 55.6 Å². The molecule has 0 unspecified atom stereocenters. The summed E-state index contributed by atoms with van der Waals surface area (Å²) in [5, 5.41) is 0. The number of nitrogens with zero attached hydrogens (tertiary/aromatic N) is 2. The van der Waals surface area contributed by atoms with Crippen molar-refractivity contribution in [2.75, 3.05) is 25.5 Å². The van der Waals surface area contributed by atoms with E-state index in [2.05, 4.69) is 16.0 Å². The third-order valence-corrected chi connectivity index (χ3v) is 4.92. The summed E-state index contributed by atoms with van der Waals surface area (Å²) in [6, 6.07) is 4.03. The summed E-state index contributed by atoms with van der Waals surface area (Å²) in [4.78, 5) is 6.35. The van der Waals surface area contributed by atoms with Crippen molar-refractivity contribution in [3.05, 3.63) is 28.8 Å². The standard InChI is InChI=1S/C17H20ClF3N2/c18-8-1-9-23-10-6-12-2-3-13-4-5-15(17(19,20)21)22-16(13)14(12)7-11-23/h2-3H,1,4-11H2. The fraction of sp³-hybridized carbons (Fsp3) is 0.588. The van der Waals surface area contributed by atoms with Crippen molar-refractivity contribution < 1.29 is 13.2 Å². The number of halogens is 4. The highest BCUT2D eigenvalue weighted by Crippen LogP contribution is 2.37. The van der Waals surface area contributed by atoms with E-state index in [9.17, 15) is 13.2 Å². The van der Waals surface area contributed by atoms with Crippen LogP contribution in [0.1, 0.15) is 29.5 Å². The summed E-state index contributed by atoms with van der Waals surface area (Å²) in [6.07, 6.45) is -1.35. The van der Waals surface area contributed by atoms with Crippen molar-refractivity contribution >= 4 is 23.0 Å². The first kappa shape index (κ1) is 16.8. The van der Waals surface area contributed by atoms with Gasteiger partial charge in [0.2, 0.25) is 0 Å². The molecule has 1 aromatic rings. The lowest BCUT2D eigenvalue weighted by atomic mass is 9.92. The second-order valence-electron chi connectivity index (χ2n) is 6.15. The van der Waals surface area contributed by atoms with Crippen LogP contribution in [0.15, 0.2) is 17.1 Å². The van der Waals surface area contributed by atoms with E-state index in [4.69, 9.17) is 11.6 Å². The minimum absolute atomic E-state index is 0.0167. The Morgan fingerprint density at radius 3 is 2.52 bits per heavy atom. The van der Waals surface area contributed by atoms with Gasteiger partial charge in [-0.15, -0.1) is 11.6 Å². The Bertz CT molecular complexity index is 611. The molecule has 0 saturated heterocycles. The van der Waals surface area contributed by atoms with Crippen molar-refractivity contribution in [1.29, 1.82) is 0 Å². The largest absolute Gasteiger partial charge is 0.429 e. The maximum absolute atomic E-state index is 13.0. The zero-order chi connectivity index (χ0) is 16.4. The zero-order valence-electron chi connectivity index (χ0n) is 12.9. The molecular weight excluding hydrogens is 325 g/mol.